The molecule has 33 heavy (non-hydrogen) atoms. The highest BCUT2D eigenvalue weighted by atomic mass is 32.2. The Morgan fingerprint density at radius 1 is 1.03 bits per heavy atom. The number of urea groups is 1. The average Bonchev–Trinajstić information content (AvgIpc) is 2.73. The molecule has 0 spiro atoms. The summed E-state index contributed by atoms with van der Waals surface area (Å²) in [5.74, 6) is -2.47. The number of aromatic nitrogens is 2. The first-order chi connectivity index (χ1) is 15.5. The molecule has 1 unspecified atom stereocenters. The van der Waals surface area contributed by atoms with Gasteiger partial charge in [-0.2, -0.15) is 4.98 Å². The molecule has 13 nitrogen and oxygen atoms in total. The van der Waals surface area contributed by atoms with E-state index in [1.807, 2.05) is 0 Å². The predicted molar refractivity (Wildman–Crippen MR) is 115 cm³/mol. The number of hydrogen-bond acceptors (Lipinski definition) is 9. The van der Waals surface area contributed by atoms with Crippen LogP contribution in [0.15, 0.2) is 59.6 Å². The smallest absolute Gasteiger partial charge is 0.331 e. The summed E-state index contributed by atoms with van der Waals surface area (Å²) in [4.78, 5) is 32.3. The summed E-state index contributed by atoms with van der Waals surface area (Å²) in [5, 5.41) is 37.3. The highest BCUT2D eigenvalue weighted by Crippen LogP contribution is 2.34. The third kappa shape index (κ3) is 5.25. The number of primary sulfonamides is 1. The number of hydrogen-bond donors (Lipinski definition) is 6. The molecule has 0 fully saturated rings. The van der Waals surface area contributed by atoms with Gasteiger partial charge in [0.1, 0.15) is 11.4 Å². The normalized spacial score (nSPS) is 12.0. The van der Waals surface area contributed by atoms with Crippen molar-refractivity contribution in [2.75, 3.05) is 10.2 Å². The maximum absolute atomic E-state index is 12.1. The first kappa shape index (κ1) is 23.2. The van der Waals surface area contributed by atoms with Crippen molar-refractivity contribution in [2.45, 2.75) is 10.9 Å². The van der Waals surface area contributed by atoms with Crippen LogP contribution in [-0.2, 0) is 14.8 Å². The van der Waals surface area contributed by atoms with Crippen molar-refractivity contribution < 1.29 is 33.3 Å². The van der Waals surface area contributed by atoms with E-state index in [1.165, 1.54) is 48.5 Å². The molecule has 0 bridgehead atoms. The lowest BCUT2D eigenvalue weighted by molar-refractivity contribution is -0.138. The molecular formula is C19H18N6O7S. The van der Waals surface area contributed by atoms with E-state index in [2.05, 4.69) is 15.3 Å². The third-order valence-electron chi connectivity index (χ3n) is 4.39. The highest BCUT2D eigenvalue weighted by molar-refractivity contribution is 7.89. The number of aromatic hydroxyl groups is 2. The van der Waals surface area contributed by atoms with Gasteiger partial charge in [-0.1, -0.05) is 12.1 Å². The zero-order chi connectivity index (χ0) is 24.3. The first-order valence-corrected chi connectivity index (χ1v) is 10.6. The van der Waals surface area contributed by atoms with Crippen molar-refractivity contribution in [1.82, 2.24) is 9.97 Å². The Morgan fingerprint density at radius 2 is 1.64 bits per heavy atom. The van der Waals surface area contributed by atoms with E-state index < -0.39 is 33.9 Å². The average molecular weight is 474 g/mol. The number of nitrogens with one attached hydrogen (secondary N) is 1. The first-order valence-electron chi connectivity index (χ1n) is 9.03. The van der Waals surface area contributed by atoms with Crippen LogP contribution < -0.4 is 21.1 Å². The lowest BCUT2D eigenvalue weighted by Gasteiger charge is -2.27. The molecule has 0 aliphatic heterocycles. The van der Waals surface area contributed by atoms with Gasteiger partial charge in [0.25, 0.3) is 0 Å². The molecule has 1 atom stereocenters. The minimum Gasteiger partial charge on any atom is -0.508 e. The maximum atomic E-state index is 12.1. The van der Waals surface area contributed by atoms with Gasteiger partial charge >= 0.3 is 12.0 Å². The van der Waals surface area contributed by atoms with Crippen molar-refractivity contribution in [3.8, 4) is 11.6 Å². The van der Waals surface area contributed by atoms with Crippen molar-refractivity contribution in [3.63, 3.8) is 0 Å². The Labute approximate surface area is 187 Å². The van der Waals surface area contributed by atoms with Crippen LogP contribution in [0.25, 0.3) is 0 Å². The lowest BCUT2D eigenvalue weighted by atomic mass is 10.0. The van der Waals surface area contributed by atoms with Crippen LogP contribution in [0.5, 0.6) is 11.6 Å². The molecule has 8 N–H and O–H groups in total. The van der Waals surface area contributed by atoms with Crippen LogP contribution in [-0.4, -0.2) is 45.7 Å². The molecule has 172 valence electrons. The second-order valence-electron chi connectivity index (χ2n) is 6.64. The number of primary amides is 1. The van der Waals surface area contributed by atoms with Gasteiger partial charge in [-0.3, -0.25) is 4.90 Å². The fourth-order valence-electron chi connectivity index (χ4n) is 2.90. The number of nitrogens with two attached hydrogens (primary N) is 2. The molecule has 1 heterocycles. The van der Waals surface area contributed by atoms with E-state index in [0.717, 1.165) is 6.20 Å². The Kier molecular flexibility index (Phi) is 6.32. The Hall–Kier alpha value is -4.43. The molecular weight excluding hydrogens is 456 g/mol. The summed E-state index contributed by atoms with van der Waals surface area (Å²) in [6.07, 6.45) is 0.991. The van der Waals surface area contributed by atoms with Crippen LogP contribution in [0.1, 0.15) is 11.6 Å². The molecule has 2 aromatic carbocycles. The molecule has 0 aliphatic rings. The molecule has 0 aliphatic carbocycles. The van der Waals surface area contributed by atoms with Crippen LogP contribution in [0.2, 0.25) is 0 Å². The van der Waals surface area contributed by atoms with Crippen molar-refractivity contribution >= 4 is 39.3 Å². The number of phenolic OH excluding ortho intramolecular Hbond substituents is 1. The van der Waals surface area contributed by atoms with E-state index in [1.54, 1.807) is 0 Å². The van der Waals surface area contributed by atoms with Crippen molar-refractivity contribution in [1.29, 1.82) is 0 Å². The summed E-state index contributed by atoms with van der Waals surface area (Å²) < 4.78 is 22.7. The summed E-state index contributed by atoms with van der Waals surface area (Å²) in [6.45, 7) is 0. The number of carbonyl (C=O) groups is 2. The minimum atomic E-state index is -3.87. The van der Waals surface area contributed by atoms with Gasteiger partial charge in [-0.25, -0.2) is 28.1 Å². The highest BCUT2D eigenvalue weighted by Gasteiger charge is 2.34. The van der Waals surface area contributed by atoms with Gasteiger partial charge in [0.15, 0.2) is 6.04 Å². The number of amides is 2. The molecule has 1 aromatic heterocycles. The van der Waals surface area contributed by atoms with E-state index >= 15 is 0 Å². The minimum absolute atomic E-state index is 0.0932. The fraction of sp³-hybridized carbons (Fsp3) is 0.0526. The van der Waals surface area contributed by atoms with Crippen LogP contribution in [0.4, 0.5) is 22.1 Å². The van der Waals surface area contributed by atoms with Gasteiger partial charge in [-0.15, -0.1) is 0 Å². The number of benzene rings is 2. The van der Waals surface area contributed by atoms with Gasteiger partial charge in [0, 0.05) is 5.69 Å². The largest absolute Gasteiger partial charge is 0.508 e. The number of carbonyl (C=O) groups excluding carboxylic acids is 1. The number of anilines is 3. The molecule has 0 saturated carbocycles. The standard InChI is InChI=1S/C19H18N6O7S/c20-18(30)25(15(17(28)29)10-1-5-12(26)6-2-10)14-9-22-19(24-16(14)27)23-11-3-7-13(8-4-11)33(21,31)32/h1-9,15,26H,(H2,20,30)(H,28,29)(H2,21,31,32)(H2,22,23,24,27). The summed E-state index contributed by atoms with van der Waals surface area (Å²) >= 11 is 0. The number of carboxylic acids is 1. The number of aliphatic carboxylic acids is 1. The predicted octanol–water partition coefficient (Wildman–Crippen LogP) is 0.990. The SMILES string of the molecule is NC(=O)N(c1cnc(Nc2ccc(S(N)(=O)=O)cc2)nc1O)C(C(=O)O)c1ccc(O)cc1. The number of nitrogens with zero attached hydrogens (tertiary/aromatic N) is 3. The zero-order valence-electron chi connectivity index (χ0n) is 16.7. The van der Waals surface area contributed by atoms with E-state index in [-0.39, 0.29) is 27.8 Å². The van der Waals surface area contributed by atoms with Gasteiger partial charge in [-0.05, 0) is 42.0 Å². The van der Waals surface area contributed by atoms with Gasteiger partial charge < -0.3 is 26.4 Å². The number of sulfonamides is 1. The van der Waals surface area contributed by atoms with E-state index in [0.29, 0.717) is 10.6 Å². The molecule has 2 amide bonds. The summed E-state index contributed by atoms with van der Waals surface area (Å²) in [7, 11) is -3.87. The summed E-state index contributed by atoms with van der Waals surface area (Å²) in [6, 6.07) is 7.43. The Balaban J connectivity index is 1.93. The molecule has 14 heteroatoms. The van der Waals surface area contributed by atoms with E-state index in [9.17, 15) is 33.3 Å². The molecule has 0 radical (unpaired) electrons. The second kappa shape index (κ2) is 8.97. The van der Waals surface area contributed by atoms with Gasteiger partial charge in [0.05, 0.1) is 11.1 Å². The molecule has 3 rings (SSSR count). The fourth-order valence-corrected chi connectivity index (χ4v) is 3.41. The second-order valence-corrected chi connectivity index (χ2v) is 8.20. The Bertz CT molecular complexity index is 1300. The molecule has 0 saturated heterocycles. The van der Waals surface area contributed by atoms with Crippen LogP contribution in [0.3, 0.4) is 0 Å². The third-order valence-corrected chi connectivity index (χ3v) is 5.32. The number of phenols is 1. The molecule has 3 aromatic rings. The zero-order valence-corrected chi connectivity index (χ0v) is 17.5. The maximum Gasteiger partial charge on any atom is 0.331 e. The van der Waals surface area contributed by atoms with Crippen molar-refractivity contribution in [3.05, 3.63) is 60.3 Å². The Morgan fingerprint density at radius 3 is 2.12 bits per heavy atom. The quantitative estimate of drug-likeness (QED) is 0.285. The summed E-state index contributed by atoms with van der Waals surface area (Å²) in [5.41, 5.74) is 5.46. The number of carboxylic acid groups (broad SMARTS) is 1. The van der Waals surface area contributed by atoms with Gasteiger partial charge in [0.2, 0.25) is 21.9 Å². The van der Waals surface area contributed by atoms with Crippen molar-refractivity contribution in [2.24, 2.45) is 10.9 Å². The van der Waals surface area contributed by atoms with Crippen LogP contribution >= 0.6 is 0 Å². The number of rotatable bonds is 7. The monoisotopic (exact) mass is 474 g/mol. The lowest BCUT2D eigenvalue weighted by Crippen LogP contribution is -2.42. The van der Waals surface area contributed by atoms with E-state index in [4.69, 9.17) is 10.9 Å². The van der Waals surface area contributed by atoms with Crippen LogP contribution in [0, 0.1) is 0 Å². The topological polar surface area (TPSA) is 222 Å².